The minimum atomic E-state index is -3.40. The van der Waals surface area contributed by atoms with Gasteiger partial charge < -0.3 is 9.88 Å². The Morgan fingerprint density at radius 2 is 2.19 bits per heavy atom. The fraction of sp³-hybridized carbons (Fsp3) is 0.400. The first-order chi connectivity index (χ1) is 14.5. The van der Waals surface area contributed by atoms with Crippen LogP contribution in [0.2, 0.25) is 0 Å². The average Bonchev–Trinajstić information content (AvgIpc) is 3.36. The summed E-state index contributed by atoms with van der Waals surface area (Å²) in [6.45, 7) is 3.46. The highest BCUT2D eigenvalue weighted by molar-refractivity contribution is 9.10. The Kier molecular flexibility index (Phi) is 8.14. The molecule has 11 heteroatoms. The molecule has 0 unspecified atom stereocenters. The van der Waals surface area contributed by atoms with Crippen molar-refractivity contribution < 1.29 is 8.42 Å². The molecule has 1 aliphatic heterocycles. The highest BCUT2D eigenvalue weighted by atomic mass is 79.9. The molecule has 3 aromatic rings. The Balaban J connectivity index is 0.00000272. The number of hydrogen-bond acceptors (Lipinski definition) is 6. The summed E-state index contributed by atoms with van der Waals surface area (Å²) in [5.41, 5.74) is 5.75. The molecule has 0 spiro atoms. The van der Waals surface area contributed by atoms with E-state index in [9.17, 15) is 8.42 Å². The number of aromatic amines is 1. The van der Waals surface area contributed by atoms with Gasteiger partial charge in [-0.25, -0.2) is 18.4 Å². The molecule has 0 amide bonds. The SMILES string of the molecule is CCCS(=O)(=O)N1Cc2cc(Br)ccc2N(Cc2cnc[nH]2)C[C@H]1Cc1cscn1.Cl. The van der Waals surface area contributed by atoms with Crippen molar-refractivity contribution in [3.63, 3.8) is 0 Å². The van der Waals surface area contributed by atoms with Gasteiger partial charge in [-0.05, 0) is 30.2 Å². The van der Waals surface area contributed by atoms with Gasteiger partial charge in [0.15, 0.2) is 0 Å². The zero-order valence-electron chi connectivity index (χ0n) is 17.1. The average molecular weight is 547 g/mol. The summed E-state index contributed by atoms with van der Waals surface area (Å²) in [5.74, 6) is 0.143. The van der Waals surface area contributed by atoms with E-state index in [2.05, 4.69) is 41.8 Å². The van der Waals surface area contributed by atoms with Gasteiger partial charge in [-0.1, -0.05) is 22.9 Å². The number of aromatic nitrogens is 3. The first-order valence-electron chi connectivity index (χ1n) is 9.83. The molecule has 1 atom stereocenters. The Morgan fingerprint density at radius 1 is 1.35 bits per heavy atom. The molecular formula is C20H25BrClN5O2S2. The molecule has 1 N–H and O–H groups in total. The number of hydrogen-bond donors (Lipinski definition) is 1. The molecule has 1 aliphatic rings. The lowest BCUT2D eigenvalue weighted by Gasteiger charge is -2.31. The lowest BCUT2D eigenvalue weighted by Crippen LogP contribution is -2.46. The van der Waals surface area contributed by atoms with Crippen molar-refractivity contribution in [2.45, 2.75) is 38.9 Å². The Labute approximate surface area is 201 Å². The summed E-state index contributed by atoms with van der Waals surface area (Å²) in [7, 11) is -3.40. The van der Waals surface area contributed by atoms with Crippen LogP contribution < -0.4 is 4.90 Å². The standard InChI is InChI=1S/C20H24BrN5O2S2.ClH/c1-2-5-30(27,28)26-9-15-6-16(21)3-4-20(15)25(10-18-8-22-13-23-18)11-19(26)7-17-12-29-14-24-17;/h3-4,6,8,12-14,19H,2,5,7,9-11H2,1H3,(H,22,23);1H/t19-;/m1./s1. The lowest BCUT2D eigenvalue weighted by atomic mass is 10.1. The van der Waals surface area contributed by atoms with Crippen molar-refractivity contribution in [1.82, 2.24) is 19.3 Å². The van der Waals surface area contributed by atoms with E-state index in [0.29, 0.717) is 32.5 Å². The molecule has 4 rings (SSSR count). The van der Waals surface area contributed by atoms with E-state index in [0.717, 1.165) is 27.1 Å². The molecule has 0 bridgehead atoms. The van der Waals surface area contributed by atoms with Gasteiger partial charge in [-0.2, -0.15) is 4.31 Å². The molecule has 2 aromatic heterocycles. The van der Waals surface area contributed by atoms with Crippen molar-refractivity contribution in [2.75, 3.05) is 17.2 Å². The molecule has 0 aliphatic carbocycles. The second-order valence-electron chi connectivity index (χ2n) is 7.43. The molecule has 0 saturated heterocycles. The third-order valence-electron chi connectivity index (χ3n) is 5.21. The summed E-state index contributed by atoms with van der Waals surface area (Å²) in [6, 6.07) is 5.88. The van der Waals surface area contributed by atoms with Crippen LogP contribution in [0, 0.1) is 0 Å². The zero-order valence-corrected chi connectivity index (χ0v) is 21.1. The number of thiazole rings is 1. The van der Waals surface area contributed by atoms with Gasteiger partial charge in [0.1, 0.15) is 0 Å². The monoisotopic (exact) mass is 545 g/mol. The van der Waals surface area contributed by atoms with Crippen LogP contribution in [0.5, 0.6) is 0 Å². The second-order valence-corrected chi connectivity index (χ2v) is 11.1. The van der Waals surface area contributed by atoms with Crippen LogP contribution in [0.3, 0.4) is 0 Å². The van der Waals surface area contributed by atoms with Crippen LogP contribution in [0.25, 0.3) is 0 Å². The van der Waals surface area contributed by atoms with Crippen molar-refractivity contribution in [3.8, 4) is 0 Å². The van der Waals surface area contributed by atoms with Crippen LogP contribution >= 0.6 is 39.7 Å². The molecular weight excluding hydrogens is 522 g/mol. The fourth-order valence-corrected chi connectivity index (χ4v) is 6.56. The van der Waals surface area contributed by atoms with Crippen molar-refractivity contribution >= 4 is 55.4 Å². The van der Waals surface area contributed by atoms with Gasteiger partial charge in [0.05, 0.1) is 35.5 Å². The number of H-pyrrole nitrogens is 1. The summed E-state index contributed by atoms with van der Waals surface area (Å²) < 4.78 is 29.1. The van der Waals surface area contributed by atoms with E-state index in [1.165, 1.54) is 11.3 Å². The first kappa shape index (κ1) is 24.2. The number of benzene rings is 1. The topological polar surface area (TPSA) is 82.2 Å². The maximum atomic E-state index is 13.3. The summed E-state index contributed by atoms with van der Waals surface area (Å²) in [4.78, 5) is 14.0. The molecule has 7 nitrogen and oxygen atoms in total. The number of nitrogens with one attached hydrogen (secondary N) is 1. The number of fused-ring (bicyclic) bond motifs is 1. The maximum Gasteiger partial charge on any atom is 0.214 e. The number of halogens is 2. The predicted octanol–water partition coefficient (Wildman–Crippen LogP) is 4.22. The number of imidazole rings is 1. The second kappa shape index (κ2) is 10.4. The van der Waals surface area contributed by atoms with Gasteiger partial charge in [0.2, 0.25) is 10.0 Å². The van der Waals surface area contributed by atoms with Gasteiger partial charge in [-0.3, -0.25) is 0 Å². The molecule has 0 radical (unpaired) electrons. The first-order valence-corrected chi connectivity index (χ1v) is 13.2. The highest BCUT2D eigenvalue weighted by Gasteiger charge is 2.35. The number of sulfonamides is 1. The third-order valence-corrected chi connectivity index (χ3v) is 8.41. The number of nitrogens with zero attached hydrogens (tertiary/aromatic N) is 4. The quantitative estimate of drug-likeness (QED) is 0.480. The Bertz CT molecular complexity index is 1080. The molecule has 168 valence electrons. The maximum absolute atomic E-state index is 13.3. The summed E-state index contributed by atoms with van der Waals surface area (Å²) in [6.07, 6.45) is 4.65. The largest absolute Gasteiger partial charge is 0.364 e. The van der Waals surface area contributed by atoms with E-state index in [1.54, 1.807) is 16.1 Å². The van der Waals surface area contributed by atoms with E-state index in [-0.39, 0.29) is 24.2 Å². The van der Waals surface area contributed by atoms with E-state index >= 15 is 0 Å². The highest BCUT2D eigenvalue weighted by Crippen LogP contribution is 2.33. The van der Waals surface area contributed by atoms with E-state index in [1.807, 2.05) is 30.6 Å². The van der Waals surface area contributed by atoms with Gasteiger partial charge in [0, 0.05) is 47.3 Å². The van der Waals surface area contributed by atoms with Crippen molar-refractivity contribution in [2.24, 2.45) is 0 Å². The predicted molar refractivity (Wildman–Crippen MR) is 130 cm³/mol. The molecule has 0 saturated carbocycles. The molecule has 0 fully saturated rings. The molecule has 31 heavy (non-hydrogen) atoms. The summed E-state index contributed by atoms with van der Waals surface area (Å²) in [5, 5.41) is 2.00. The van der Waals surface area contributed by atoms with E-state index in [4.69, 9.17) is 0 Å². The smallest absolute Gasteiger partial charge is 0.214 e. The lowest BCUT2D eigenvalue weighted by molar-refractivity contribution is 0.316. The molecule has 3 heterocycles. The number of rotatable bonds is 7. The molecule has 1 aromatic carbocycles. The Hall–Kier alpha value is -1.46. The van der Waals surface area contributed by atoms with Crippen LogP contribution in [0.15, 0.2) is 46.1 Å². The van der Waals surface area contributed by atoms with Gasteiger partial charge in [0.25, 0.3) is 0 Å². The summed E-state index contributed by atoms with van der Waals surface area (Å²) >= 11 is 5.08. The minimum Gasteiger partial charge on any atom is -0.364 e. The third kappa shape index (κ3) is 5.67. The fourth-order valence-electron chi connectivity index (χ4n) is 3.90. The zero-order chi connectivity index (χ0) is 21.1. The van der Waals surface area contributed by atoms with Crippen LogP contribution in [0.1, 0.15) is 30.3 Å². The normalized spacial score (nSPS) is 17.1. The van der Waals surface area contributed by atoms with E-state index < -0.39 is 10.0 Å². The van der Waals surface area contributed by atoms with Gasteiger partial charge >= 0.3 is 0 Å². The number of anilines is 1. The van der Waals surface area contributed by atoms with Crippen molar-refractivity contribution in [3.05, 3.63) is 63.0 Å². The van der Waals surface area contributed by atoms with Crippen LogP contribution in [-0.2, 0) is 29.5 Å². The van der Waals surface area contributed by atoms with Gasteiger partial charge in [-0.15, -0.1) is 23.7 Å². The minimum absolute atomic E-state index is 0. The van der Waals surface area contributed by atoms with Crippen LogP contribution in [0.4, 0.5) is 5.69 Å². The Morgan fingerprint density at radius 3 is 2.87 bits per heavy atom. The van der Waals surface area contributed by atoms with Crippen molar-refractivity contribution in [1.29, 1.82) is 0 Å². The van der Waals surface area contributed by atoms with Crippen LogP contribution in [-0.4, -0.2) is 46.0 Å².